The fraction of sp³-hybridized carbons (Fsp3) is 0.417. The van der Waals surface area contributed by atoms with Gasteiger partial charge in [0.15, 0.2) is 0 Å². The van der Waals surface area contributed by atoms with Crippen molar-refractivity contribution >= 4 is 27.5 Å². The molecule has 1 aliphatic rings. The summed E-state index contributed by atoms with van der Waals surface area (Å²) in [6, 6.07) is 12.8. The molecule has 2 aromatic rings. The van der Waals surface area contributed by atoms with Crippen molar-refractivity contribution in [3.63, 3.8) is 0 Å². The molecule has 2 aromatic carbocycles. The van der Waals surface area contributed by atoms with Crippen molar-refractivity contribution in [3.8, 4) is 0 Å². The molecule has 9 heteroatoms. The Morgan fingerprint density at radius 3 is 2.52 bits per heavy atom. The summed E-state index contributed by atoms with van der Waals surface area (Å²) >= 11 is 0. The third kappa shape index (κ3) is 6.63. The van der Waals surface area contributed by atoms with Gasteiger partial charge in [-0.15, -0.1) is 0 Å². The molecule has 1 fully saturated rings. The maximum absolute atomic E-state index is 13.2. The van der Waals surface area contributed by atoms with E-state index in [1.807, 2.05) is 6.92 Å². The average Bonchev–Trinajstić information content (AvgIpc) is 2.84. The fourth-order valence-corrected chi connectivity index (χ4v) is 5.39. The highest BCUT2D eigenvalue weighted by atomic mass is 32.2. The second-order valence-corrected chi connectivity index (χ2v) is 9.71. The molecule has 0 aromatic heterocycles. The van der Waals surface area contributed by atoms with Crippen LogP contribution in [0.3, 0.4) is 0 Å². The van der Waals surface area contributed by atoms with Crippen LogP contribution in [-0.4, -0.2) is 57.4 Å². The summed E-state index contributed by atoms with van der Waals surface area (Å²) in [6.45, 7) is 4.53. The first kappa shape index (κ1) is 24.9. The van der Waals surface area contributed by atoms with Crippen LogP contribution in [0.25, 0.3) is 0 Å². The van der Waals surface area contributed by atoms with Gasteiger partial charge < -0.3 is 15.4 Å². The van der Waals surface area contributed by atoms with Crippen molar-refractivity contribution < 1.29 is 22.7 Å². The summed E-state index contributed by atoms with van der Waals surface area (Å²) in [5.74, 6) is -0.795. The standard InChI is InChI=1S/C24H31N3O5S/c1-2-32-17-9-14-25-23(28)19-10-8-11-20(18-19)26-24(29)21-12-4-5-13-22(21)33(30,31)27-15-6-3-7-16-27/h4-5,8,10-13,18H,2-3,6-7,9,14-17H2,1H3,(H,25,28)(H,26,29). The number of hydrogen-bond donors (Lipinski definition) is 2. The lowest BCUT2D eigenvalue weighted by atomic mass is 10.1. The predicted molar refractivity (Wildman–Crippen MR) is 127 cm³/mol. The van der Waals surface area contributed by atoms with Gasteiger partial charge in [-0.25, -0.2) is 8.42 Å². The van der Waals surface area contributed by atoms with Crippen LogP contribution in [0.4, 0.5) is 5.69 Å². The molecule has 2 amide bonds. The number of anilines is 1. The molecule has 0 aliphatic carbocycles. The molecule has 1 heterocycles. The second kappa shape index (κ2) is 11.9. The van der Waals surface area contributed by atoms with Crippen LogP contribution in [0.2, 0.25) is 0 Å². The fourth-order valence-electron chi connectivity index (χ4n) is 3.68. The average molecular weight is 474 g/mol. The number of amides is 2. The highest BCUT2D eigenvalue weighted by Gasteiger charge is 2.29. The van der Waals surface area contributed by atoms with Crippen molar-refractivity contribution in [2.75, 3.05) is 38.2 Å². The smallest absolute Gasteiger partial charge is 0.257 e. The number of carbonyl (C=O) groups excluding carboxylic acids is 2. The molecule has 0 saturated carbocycles. The lowest BCUT2D eigenvalue weighted by molar-refractivity contribution is 0.0943. The van der Waals surface area contributed by atoms with Gasteiger partial charge in [-0.2, -0.15) is 4.31 Å². The Hall–Kier alpha value is -2.75. The summed E-state index contributed by atoms with van der Waals surface area (Å²) in [4.78, 5) is 25.4. The normalized spacial score (nSPS) is 14.6. The number of carbonyl (C=O) groups is 2. The third-order valence-corrected chi connectivity index (χ3v) is 7.36. The van der Waals surface area contributed by atoms with Gasteiger partial charge in [0.05, 0.1) is 10.5 Å². The molecule has 0 radical (unpaired) electrons. The number of nitrogens with zero attached hydrogens (tertiary/aromatic N) is 1. The van der Waals surface area contributed by atoms with E-state index >= 15 is 0 Å². The van der Waals surface area contributed by atoms with Gasteiger partial charge in [0.2, 0.25) is 10.0 Å². The van der Waals surface area contributed by atoms with E-state index in [9.17, 15) is 18.0 Å². The molecule has 3 rings (SSSR count). The zero-order valence-corrected chi connectivity index (χ0v) is 19.7. The molecular formula is C24H31N3O5S. The van der Waals surface area contributed by atoms with E-state index in [2.05, 4.69) is 10.6 Å². The molecular weight excluding hydrogens is 442 g/mol. The monoisotopic (exact) mass is 473 g/mol. The van der Waals surface area contributed by atoms with Crippen molar-refractivity contribution in [2.24, 2.45) is 0 Å². The largest absolute Gasteiger partial charge is 0.382 e. The molecule has 0 bridgehead atoms. The van der Waals surface area contributed by atoms with E-state index in [0.29, 0.717) is 50.5 Å². The maximum atomic E-state index is 13.2. The first-order chi connectivity index (χ1) is 15.9. The molecule has 8 nitrogen and oxygen atoms in total. The molecule has 1 saturated heterocycles. The molecule has 178 valence electrons. The number of sulfonamides is 1. The third-order valence-electron chi connectivity index (χ3n) is 5.40. The minimum Gasteiger partial charge on any atom is -0.382 e. The summed E-state index contributed by atoms with van der Waals surface area (Å²) < 4.78 is 33.0. The number of nitrogens with one attached hydrogen (secondary N) is 2. The van der Waals surface area contributed by atoms with E-state index in [1.54, 1.807) is 36.4 Å². The van der Waals surface area contributed by atoms with Gasteiger partial charge in [-0.05, 0) is 56.5 Å². The van der Waals surface area contributed by atoms with Gasteiger partial charge in [0.25, 0.3) is 11.8 Å². The first-order valence-electron chi connectivity index (χ1n) is 11.3. The van der Waals surface area contributed by atoms with Gasteiger partial charge >= 0.3 is 0 Å². The summed E-state index contributed by atoms with van der Waals surface area (Å²) in [5.41, 5.74) is 0.888. The van der Waals surface area contributed by atoms with Crippen LogP contribution < -0.4 is 10.6 Å². The van der Waals surface area contributed by atoms with Crippen molar-refractivity contribution in [1.29, 1.82) is 0 Å². The number of hydrogen-bond acceptors (Lipinski definition) is 5. The topological polar surface area (TPSA) is 105 Å². The molecule has 0 spiro atoms. The van der Waals surface area contributed by atoms with Crippen LogP contribution in [0.1, 0.15) is 53.3 Å². The van der Waals surface area contributed by atoms with E-state index in [-0.39, 0.29) is 16.4 Å². The Bertz CT molecular complexity index is 1070. The van der Waals surface area contributed by atoms with Crippen molar-refractivity contribution in [2.45, 2.75) is 37.5 Å². The van der Waals surface area contributed by atoms with E-state index in [0.717, 1.165) is 19.3 Å². The zero-order valence-electron chi connectivity index (χ0n) is 18.9. The molecule has 2 N–H and O–H groups in total. The van der Waals surface area contributed by atoms with Crippen LogP contribution in [0.5, 0.6) is 0 Å². The minimum absolute atomic E-state index is 0.00686. The Labute approximate surface area is 195 Å². The Balaban J connectivity index is 1.71. The van der Waals surface area contributed by atoms with Crippen LogP contribution in [0.15, 0.2) is 53.4 Å². The summed E-state index contributed by atoms with van der Waals surface area (Å²) in [7, 11) is -3.77. The highest BCUT2D eigenvalue weighted by molar-refractivity contribution is 7.89. The maximum Gasteiger partial charge on any atom is 0.257 e. The van der Waals surface area contributed by atoms with Crippen LogP contribution in [0, 0.1) is 0 Å². The SMILES string of the molecule is CCOCCCNC(=O)c1cccc(NC(=O)c2ccccc2S(=O)(=O)N2CCCCC2)c1. The Morgan fingerprint density at radius 2 is 1.76 bits per heavy atom. The van der Waals surface area contributed by atoms with E-state index in [4.69, 9.17) is 4.74 Å². The number of ether oxygens (including phenoxy) is 1. The molecule has 33 heavy (non-hydrogen) atoms. The van der Waals surface area contributed by atoms with Crippen molar-refractivity contribution in [3.05, 3.63) is 59.7 Å². The quantitative estimate of drug-likeness (QED) is 0.516. The highest BCUT2D eigenvalue weighted by Crippen LogP contribution is 2.24. The number of benzene rings is 2. The minimum atomic E-state index is -3.77. The number of rotatable bonds is 10. The molecule has 0 unspecified atom stereocenters. The zero-order chi connectivity index (χ0) is 23.7. The molecule has 1 aliphatic heterocycles. The van der Waals surface area contributed by atoms with Crippen LogP contribution in [-0.2, 0) is 14.8 Å². The van der Waals surface area contributed by atoms with E-state index in [1.165, 1.54) is 16.4 Å². The van der Waals surface area contributed by atoms with Gasteiger partial charge in [0.1, 0.15) is 0 Å². The second-order valence-electron chi connectivity index (χ2n) is 7.80. The number of piperidine rings is 1. The van der Waals surface area contributed by atoms with Gasteiger partial charge in [0, 0.05) is 44.1 Å². The van der Waals surface area contributed by atoms with Gasteiger partial charge in [-0.3, -0.25) is 9.59 Å². The predicted octanol–water partition coefficient (Wildman–Crippen LogP) is 3.27. The van der Waals surface area contributed by atoms with Crippen LogP contribution >= 0.6 is 0 Å². The summed E-state index contributed by atoms with van der Waals surface area (Å²) in [6.07, 6.45) is 3.34. The van der Waals surface area contributed by atoms with E-state index < -0.39 is 15.9 Å². The lowest BCUT2D eigenvalue weighted by Crippen LogP contribution is -2.36. The summed E-state index contributed by atoms with van der Waals surface area (Å²) in [5, 5.41) is 5.55. The first-order valence-corrected chi connectivity index (χ1v) is 12.7. The van der Waals surface area contributed by atoms with Crippen molar-refractivity contribution in [1.82, 2.24) is 9.62 Å². The Morgan fingerprint density at radius 1 is 1.00 bits per heavy atom. The van der Waals surface area contributed by atoms with Gasteiger partial charge in [-0.1, -0.05) is 24.6 Å². The Kier molecular flexibility index (Phi) is 8.99. The lowest BCUT2D eigenvalue weighted by Gasteiger charge is -2.26. The molecule has 0 atom stereocenters.